The topological polar surface area (TPSA) is 112 Å². The maximum absolute atomic E-state index is 13.3. The number of β-amino-alcohol motifs (C(OH)–C–C–N with tert-alkyl or cyclic N) is 1. The number of aliphatic hydroxyl groups excluding tert-OH is 1. The minimum atomic E-state index is -4.20. The highest BCUT2D eigenvalue weighted by atomic mass is 32.2. The third-order valence-corrected chi connectivity index (χ3v) is 8.93. The van der Waals surface area contributed by atoms with E-state index in [0.717, 1.165) is 37.2 Å². The molecule has 0 bridgehead atoms. The summed E-state index contributed by atoms with van der Waals surface area (Å²) in [5, 5.41) is 9.57. The standard InChI is InChI=1S/C27H36N4O5S/c1-19-7-8-21(30-15-12-26(2,3)13-16-30)22(17-19)36-27(10-11-27)25(33)29-37(34,35)24-6-4-5-23(28-24)31-14-9-20(32)18-31/h4-8,17,20,32H,9-16,18H2,1-3H3,(H,29,33). The highest BCUT2D eigenvalue weighted by molar-refractivity contribution is 7.90. The number of carbonyl (C=O) groups is 1. The second-order valence-electron chi connectivity index (χ2n) is 11.4. The van der Waals surface area contributed by atoms with Crippen LogP contribution in [0.5, 0.6) is 5.75 Å². The van der Waals surface area contributed by atoms with Crippen molar-refractivity contribution in [1.82, 2.24) is 9.71 Å². The van der Waals surface area contributed by atoms with Crippen molar-refractivity contribution in [3.8, 4) is 5.75 Å². The molecule has 1 amide bonds. The van der Waals surface area contributed by atoms with Crippen LogP contribution in [0.25, 0.3) is 0 Å². The van der Waals surface area contributed by atoms with E-state index < -0.39 is 27.6 Å². The average Bonchev–Trinajstić information content (AvgIpc) is 3.50. The molecule has 3 heterocycles. The van der Waals surface area contributed by atoms with E-state index in [-0.39, 0.29) is 5.03 Å². The maximum atomic E-state index is 13.3. The van der Waals surface area contributed by atoms with Gasteiger partial charge >= 0.3 is 0 Å². The molecule has 3 aliphatic rings. The van der Waals surface area contributed by atoms with Crippen LogP contribution in [0.2, 0.25) is 0 Å². The molecule has 2 saturated heterocycles. The summed E-state index contributed by atoms with van der Waals surface area (Å²) in [6.45, 7) is 9.31. The van der Waals surface area contributed by atoms with Crippen molar-refractivity contribution < 1.29 is 23.1 Å². The lowest BCUT2D eigenvalue weighted by atomic mass is 9.82. The van der Waals surface area contributed by atoms with Crippen LogP contribution in [0.15, 0.2) is 41.4 Å². The fourth-order valence-electron chi connectivity index (χ4n) is 4.96. The van der Waals surface area contributed by atoms with Gasteiger partial charge in [-0.2, -0.15) is 8.42 Å². The van der Waals surface area contributed by atoms with Crippen LogP contribution in [-0.4, -0.2) is 62.3 Å². The Morgan fingerprint density at radius 2 is 1.81 bits per heavy atom. The third kappa shape index (κ3) is 5.55. The smallest absolute Gasteiger partial charge is 0.281 e. The molecule has 1 aromatic carbocycles. The first-order valence-corrected chi connectivity index (χ1v) is 14.5. The number of aromatic nitrogens is 1. The van der Waals surface area contributed by atoms with Crippen molar-refractivity contribution >= 4 is 27.4 Å². The summed E-state index contributed by atoms with van der Waals surface area (Å²) >= 11 is 0. The predicted molar refractivity (Wildman–Crippen MR) is 141 cm³/mol. The molecule has 2 aromatic rings. The molecule has 0 radical (unpaired) electrons. The van der Waals surface area contributed by atoms with Crippen LogP contribution in [-0.2, 0) is 14.8 Å². The van der Waals surface area contributed by atoms with Gasteiger partial charge in [0, 0.05) is 39.0 Å². The Balaban J connectivity index is 1.32. The Morgan fingerprint density at radius 1 is 1.08 bits per heavy atom. The number of carbonyl (C=O) groups excluding carboxylic acids is 1. The van der Waals surface area contributed by atoms with Gasteiger partial charge in [-0.05, 0) is 61.4 Å². The van der Waals surface area contributed by atoms with E-state index in [4.69, 9.17) is 4.74 Å². The fourth-order valence-corrected chi connectivity index (χ4v) is 5.97. The Hall–Kier alpha value is -2.85. The van der Waals surface area contributed by atoms with Crippen molar-refractivity contribution in [1.29, 1.82) is 0 Å². The van der Waals surface area contributed by atoms with Crippen LogP contribution >= 0.6 is 0 Å². The molecule has 0 spiro atoms. The van der Waals surface area contributed by atoms with E-state index in [1.54, 1.807) is 12.1 Å². The average molecular weight is 529 g/mol. The summed E-state index contributed by atoms with van der Waals surface area (Å²) in [6, 6.07) is 10.6. The Labute approximate surface area is 218 Å². The molecule has 3 fully saturated rings. The van der Waals surface area contributed by atoms with E-state index >= 15 is 0 Å². The Morgan fingerprint density at radius 3 is 2.46 bits per heavy atom. The normalized spacial score (nSPS) is 22.5. The molecule has 1 unspecified atom stereocenters. The van der Waals surface area contributed by atoms with Gasteiger partial charge < -0.3 is 19.6 Å². The van der Waals surface area contributed by atoms with Crippen molar-refractivity contribution in [2.24, 2.45) is 5.41 Å². The number of hydrogen-bond acceptors (Lipinski definition) is 8. The molecule has 1 aliphatic carbocycles. The number of sulfonamides is 1. The van der Waals surface area contributed by atoms with Crippen LogP contribution in [0.4, 0.5) is 11.5 Å². The highest BCUT2D eigenvalue weighted by Crippen LogP contribution is 2.45. The number of hydrogen-bond donors (Lipinski definition) is 2. The summed E-state index contributed by atoms with van der Waals surface area (Å²) in [5.74, 6) is 0.388. The van der Waals surface area contributed by atoms with E-state index in [1.165, 1.54) is 6.07 Å². The van der Waals surface area contributed by atoms with Crippen molar-refractivity contribution in [3.63, 3.8) is 0 Å². The largest absolute Gasteiger partial charge is 0.475 e. The number of pyridine rings is 1. The SMILES string of the molecule is Cc1ccc(N2CCC(C)(C)CC2)c(OC2(C(=O)NS(=O)(=O)c3cccc(N4CCC(O)C4)n3)CC2)c1. The van der Waals surface area contributed by atoms with Gasteiger partial charge in [0.25, 0.3) is 15.9 Å². The first kappa shape index (κ1) is 25.8. The first-order valence-electron chi connectivity index (χ1n) is 13.0. The number of benzene rings is 1. The van der Waals surface area contributed by atoms with Gasteiger partial charge in [-0.1, -0.05) is 26.0 Å². The van der Waals surface area contributed by atoms with Crippen molar-refractivity contribution in [3.05, 3.63) is 42.0 Å². The van der Waals surface area contributed by atoms with E-state index in [9.17, 15) is 18.3 Å². The maximum Gasteiger partial charge on any atom is 0.281 e. The van der Waals surface area contributed by atoms with Crippen molar-refractivity contribution in [2.45, 2.75) is 69.6 Å². The second kappa shape index (κ2) is 9.47. The lowest BCUT2D eigenvalue weighted by Gasteiger charge is -2.39. The number of piperidine rings is 1. The zero-order valence-electron chi connectivity index (χ0n) is 21.7. The fraction of sp³-hybridized carbons (Fsp3) is 0.556. The number of rotatable bonds is 7. The molecule has 37 heavy (non-hydrogen) atoms. The third-order valence-electron chi connectivity index (χ3n) is 7.69. The number of nitrogens with zero attached hydrogens (tertiary/aromatic N) is 3. The summed E-state index contributed by atoms with van der Waals surface area (Å²) in [4.78, 5) is 21.6. The molecule has 1 atom stereocenters. The van der Waals surface area contributed by atoms with Gasteiger partial charge in [-0.3, -0.25) is 4.79 Å². The number of ether oxygens (including phenoxy) is 1. The molecular weight excluding hydrogens is 492 g/mol. The van der Waals surface area contributed by atoms with Gasteiger partial charge in [0.1, 0.15) is 11.6 Å². The molecule has 2 aliphatic heterocycles. The van der Waals surface area contributed by atoms with Gasteiger partial charge in [-0.15, -0.1) is 0 Å². The summed E-state index contributed by atoms with van der Waals surface area (Å²) in [5.41, 5.74) is 1.02. The van der Waals surface area contributed by atoms with Gasteiger partial charge in [0.2, 0.25) is 0 Å². The molecule has 5 rings (SSSR count). The van der Waals surface area contributed by atoms with E-state index in [1.807, 2.05) is 30.0 Å². The number of nitrogens with one attached hydrogen (secondary N) is 1. The molecule has 200 valence electrons. The Bertz CT molecular complexity index is 1280. The zero-order valence-corrected chi connectivity index (χ0v) is 22.6. The molecule has 10 heteroatoms. The molecule has 1 saturated carbocycles. The van der Waals surface area contributed by atoms with Crippen LogP contribution in [0, 0.1) is 12.3 Å². The monoisotopic (exact) mass is 528 g/mol. The Kier molecular flexibility index (Phi) is 6.60. The van der Waals surface area contributed by atoms with Crippen molar-refractivity contribution in [2.75, 3.05) is 36.0 Å². The summed E-state index contributed by atoms with van der Waals surface area (Å²) < 4.78 is 34.7. The molecule has 9 nitrogen and oxygen atoms in total. The number of anilines is 2. The predicted octanol–water partition coefficient (Wildman–Crippen LogP) is 3.00. The van der Waals surface area contributed by atoms with Gasteiger partial charge in [0.15, 0.2) is 10.6 Å². The number of aryl methyl sites for hydroxylation is 1. The van der Waals surface area contributed by atoms with E-state index in [0.29, 0.717) is 49.3 Å². The van der Waals surface area contributed by atoms with Crippen LogP contribution < -0.4 is 19.3 Å². The number of aliphatic hydroxyl groups is 1. The first-order chi connectivity index (χ1) is 17.5. The minimum absolute atomic E-state index is 0.234. The minimum Gasteiger partial charge on any atom is -0.475 e. The summed E-state index contributed by atoms with van der Waals surface area (Å²) in [6.07, 6.45) is 3.14. The van der Waals surface area contributed by atoms with E-state index in [2.05, 4.69) is 28.5 Å². The van der Waals surface area contributed by atoms with Crippen LogP contribution in [0.3, 0.4) is 0 Å². The summed E-state index contributed by atoms with van der Waals surface area (Å²) in [7, 11) is -4.20. The van der Waals surface area contributed by atoms with Crippen LogP contribution in [0.1, 0.15) is 51.5 Å². The lowest BCUT2D eigenvalue weighted by molar-refractivity contribution is -0.127. The number of amides is 1. The molecule has 1 aromatic heterocycles. The zero-order chi connectivity index (χ0) is 26.4. The molecular formula is C27H36N4O5S. The van der Waals surface area contributed by atoms with Gasteiger partial charge in [-0.25, -0.2) is 9.71 Å². The molecule has 2 N–H and O–H groups in total. The highest BCUT2D eigenvalue weighted by Gasteiger charge is 2.54. The van der Waals surface area contributed by atoms with Gasteiger partial charge in [0.05, 0.1) is 11.8 Å². The quantitative estimate of drug-likeness (QED) is 0.564. The second-order valence-corrected chi connectivity index (χ2v) is 13.0. The lowest BCUT2D eigenvalue weighted by Crippen LogP contribution is -2.44.